The smallest absolute Gasteiger partial charge is 0.234 e. The van der Waals surface area contributed by atoms with Crippen LogP contribution in [0, 0.1) is 5.82 Å². The van der Waals surface area contributed by atoms with Gasteiger partial charge in [-0.2, -0.15) is 0 Å². The van der Waals surface area contributed by atoms with E-state index in [1.165, 1.54) is 12.1 Å². The summed E-state index contributed by atoms with van der Waals surface area (Å²) in [6.45, 7) is 0.691. The van der Waals surface area contributed by atoms with Gasteiger partial charge in [0.05, 0.1) is 5.41 Å². The van der Waals surface area contributed by atoms with Crippen molar-refractivity contribution >= 4 is 40.9 Å². The minimum Gasteiger partial charge on any atom is -0.325 e. The van der Waals surface area contributed by atoms with Crippen LogP contribution in [0.15, 0.2) is 42.5 Å². The van der Waals surface area contributed by atoms with Crippen LogP contribution in [0.5, 0.6) is 0 Å². The summed E-state index contributed by atoms with van der Waals surface area (Å²) in [5, 5.41) is 1.06. The van der Waals surface area contributed by atoms with E-state index >= 15 is 0 Å². The Labute approximate surface area is 160 Å². The monoisotopic (exact) mass is 395 g/mol. The molecule has 25 heavy (non-hydrogen) atoms. The number of thioether (sulfide) groups is 1. The van der Waals surface area contributed by atoms with Crippen LogP contribution in [0.4, 0.5) is 4.39 Å². The van der Waals surface area contributed by atoms with Crippen molar-refractivity contribution in [2.75, 3.05) is 12.3 Å². The largest absolute Gasteiger partial charge is 0.325 e. The third-order valence-electron chi connectivity index (χ3n) is 4.94. The van der Waals surface area contributed by atoms with Crippen LogP contribution in [0.3, 0.4) is 0 Å². The van der Waals surface area contributed by atoms with Crippen LogP contribution in [0.1, 0.15) is 29.3 Å². The number of amides is 1. The van der Waals surface area contributed by atoms with E-state index in [1.807, 2.05) is 11.0 Å². The van der Waals surface area contributed by atoms with Gasteiger partial charge >= 0.3 is 0 Å². The van der Waals surface area contributed by atoms with Crippen LogP contribution in [0.25, 0.3) is 0 Å². The molecule has 6 heteroatoms. The number of carbonyl (C=O) groups is 1. The van der Waals surface area contributed by atoms with Crippen LogP contribution < -0.4 is 0 Å². The van der Waals surface area contributed by atoms with Gasteiger partial charge in [-0.1, -0.05) is 41.4 Å². The van der Waals surface area contributed by atoms with E-state index in [0.29, 0.717) is 16.6 Å². The maximum atomic E-state index is 13.3. The minimum atomic E-state index is -0.504. The SMILES string of the molecule is O=C(N1CCSC1c1ccc(Cl)cc1Cl)C1(c2ccc(F)cc2)CC1. The first-order chi connectivity index (χ1) is 12.0. The van der Waals surface area contributed by atoms with Gasteiger partial charge < -0.3 is 4.90 Å². The molecule has 2 aromatic carbocycles. The third kappa shape index (κ3) is 3.05. The van der Waals surface area contributed by atoms with E-state index in [4.69, 9.17) is 23.2 Å². The molecule has 4 rings (SSSR count). The van der Waals surface area contributed by atoms with E-state index in [2.05, 4.69) is 0 Å². The summed E-state index contributed by atoms with van der Waals surface area (Å²) in [5.74, 6) is 0.698. The molecular weight excluding hydrogens is 380 g/mol. The summed E-state index contributed by atoms with van der Waals surface area (Å²) in [6.07, 6.45) is 1.61. The highest BCUT2D eigenvalue weighted by Crippen LogP contribution is 2.53. The summed E-state index contributed by atoms with van der Waals surface area (Å²) in [4.78, 5) is 15.2. The molecule has 130 valence electrons. The van der Waals surface area contributed by atoms with Crippen LogP contribution in [-0.2, 0) is 10.2 Å². The molecule has 2 aliphatic rings. The second-order valence-corrected chi connectivity index (χ2v) is 8.51. The Morgan fingerprint density at radius 2 is 1.88 bits per heavy atom. The summed E-state index contributed by atoms with van der Waals surface area (Å²) >= 11 is 14.1. The average molecular weight is 396 g/mol. The molecular formula is C19H16Cl2FNOS. The molecule has 2 aromatic rings. The first-order valence-electron chi connectivity index (χ1n) is 8.15. The Balaban J connectivity index is 1.64. The highest BCUT2D eigenvalue weighted by Gasteiger charge is 2.54. The second kappa shape index (κ2) is 6.49. The molecule has 1 saturated heterocycles. The Hall–Kier alpha value is -1.23. The summed E-state index contributed by atoms with van der Waals surface area (Å²) in [5.41, 5.74) is 1.31. The maximum Gasteiger partial charge on any atom is 0.234 e. The van der Waals surface area contributed by atoms with Crippen molar-refractivity contribution in [3.05, 3.63) is 69.5 Å². The molecule has 2 nitrogen and oxygen atoms in total. The molecule has 0 N–H and O–H groups in total. The number of halogens is 3. The predicted octanol–water partition coefficient (Wildman–Crippen LogP) is 5.44. The normalized spacial score (nSPS) is 21.4. The molecule has 1 aliphatic carbocycles. The quantitative estimate of drug-likeness (QED) is 0.689. The number of nitrogens with zero attached hydrogens (tertiary/aromatic N) is 1. The van der Waals surface area contributed by atoms with E-state index in [9.17, 15) is 9.18 Å². The molecule has 1 heterocycles. The van der Waals surface area contributed by atoms with E-state index in [1.54, 1.807) is 36.0 Å². The molecule has 1 aliphatic heterocycles. The number of carbonyl (C=O) groups excluding carboxylic acids is 1. The van der Waals surface area contributed by atoms with E-state index < -0.39 is 5.41 Å². The summed E-state index contributed by atoms with van der Waals surface area (Å²) in [7, 11) is 0. The Kier molecular flexibility index (Phi) is 4.47. The number of rotatable bonds is 3. The molecule has 1 amide bonds. The van der Waals surface area contributed by atoms with Crippen molar-refractivity contribution in [1.29, 1.82) is 0 Å². The van der Waals surface area contributed by atoms with Crippen molar-refractivity contribution in [3.8, 4) is 0 Å². The van der Waals surface area contributed by atoms with Crippen molar-refractivity contribution in [2.24, 2.45) is 0 Å². The maximum absolute atomic E-state index is 13.3. The van der Waals surface area contributed by atoms with Gasteiger partial charge in [-0.15, -0.1) is 11.8 Å². The van der Waals surface area contributed by atoms with Gasteiger partial charge in [0, 0.05) is 27.9 Å². The van der Waals surface area contributed by atoms with Crippen molar-refractivity contribution in [1.82, 2.24) is 4.90 Å². The molecule has 2 fully saturated rings. The van der Waals surface area contributed by atoms with E-state index in [0.717, 1.165) is 29.7 Å². The van der Waals surface area contributed by atoms with Crippen LogP contribution in [-0.4, -0.2) is 23.1 Å². The fraction of sp³-hybridized carbons (Fsp3) is 0.316. The van der Waals surface area contributed by atoms with Crippen LogP contribution in [0.2, 0.25) is 10.0 Å². The predicted molar refractivity (Wildman–Crippen MR) is 101 cm³/mol. The zero-order valence-electron chi connectivity index (χ0n) is 13.3. The molecule has 1 atom stereocenters. The van der Waals surface area contributed by atoms with Gasteiger partial charge in [-0.3, -0.25) is 4.79 Å². The lowest BCUT2D eigenvalue weighted by atomic mass is 9.94. The van der Waals surface area contributed by atoms with Gasteiger partial charge in [-0.25, -0.2) is 4.39 Å². The van der Waals surface area contributed by atoms with Gasteiger partial charge in [0.15, 0.2) is 0 Å². The van der Waals surface area contributed by atoms with Crippen molar-refractivity contribution in [2.45, 2.75) is 23.6 Å². The molecule has 0 bridgehead atoms. The van der Waals surface area contributed by atoms with Gasteiger partial charge in [0.2, 0.25) is 5.91 Å². The van der Waals surface area contributed by atoms with Crippen LogP contribution >= 0.6 is 35.0 Å². The number of benzene rings is 2. The molecule has 0 aromatic heterocycles. The standard InChI is InChI=1S/C19H16Cl2FNOS/c20-13-3-6-15(16(21)11-13)17-23(9-10-25-17)18(24)19(7-8-19)12-1-4-14(22)5-2-12/h1-6,11,17H,7-10H2. The molecule has 1 unspecified atom stereocenters. The lowest BCUT2D eigenvalue weighted by molar-refractivity contribution is -0.134. The zero-order valence-corrected chi connectivity index (χ0v) is 15.7. The summed E-state index contributed by atoms with van der Waals surface area (Å²) < 4.78 is 13.2. The number of hydrogen-bond donors (Lipinski definition) is 0. The fourth-order valence-electron chi connectivity index (χ4n) is 3.43. The zero-order chi connectivity index (χ0) is 17.6. The van der Waals surface area contributed by atoms with Crippen molar-refractivity contribution < 1.29 is 9.18 Å². The first kappa shape index (κ1) is 17.2. The molecule has 0 spiro atoms. The lowest BCUT2D eigenvalue weighted by Gasteiger charge is -2.29. The van der Waals surface area contributed by atoms with Gasteiger partial charge in [-0.05, 0) is 42.7 Å². The third-order valence-corrected chi connectivity index (χ3v) is 6.74. The first-order valence-corrected chi connectivity index (χ1v) is 9.95. The number of hydrogen-bond acceptors (Lipinski definition) is 2. The van der Waals surface area contributed by atoms with E-state index in [-0.39, 0.29) is 17.1 Å². The molecule has 1 saturated carbocycles. The highest BCUT2D eigenvalue weighted by atomic mass is 35.5. The second-order valence-electron chi connectivity index (χ2n) is 6.48. The summed E-state index contributed by atoms with van der Waals surface area (Å²) in [6, 6.07) is 11.7. The topological polar surface area (TPSA) is 20.3 Å². The lowest BCUT2D eigenvalue weighted by Crippen LogP contribution is -2.38. The minimum absolute atomic E-state index is 0.102. The Morgan fingerprint density at radius 3 is 2.52 bits per heavy atom. The van der Waals surface area contributed by atoms with Gasteiger partial charge in [0.25, 0.3) is 0 Å². The highest BCUT2D eigenvalue weighted by molar-refractivity contribution is 7.99. The Morgan fingerprint density at radius 1 is 1.16 bits per heavy atom. The van der Waals surface area contributed by atoms with Gasteiger partial charge in [0.1, 0.15) is 11.2 Å². The molecule has 0 radical (unpaired) electrons. The fourth-order valence-corrected chi connectivity index (χ4v) is 5.30. The van der Waals surface area contributed by atoms with Crippen molar-refractivity contribution in [3.63, 3.8) is 0 Å². The Bertz CT molecular complexity index is 823. The average Bonchev–Trinajstić information content (AvgIpc) is 3.26.